The molecule has 1 N–H and O–H groups in total. The average molecular weight is 263 g/mol. The average Bonchev–Trinajstić information content (AvgIpc) is 2.71. The molecule has 1 aromatic heterocycles. The molecule has 1 heterocycles. The Morgan fingerprint density at radius 2 is 2.12 bits per heavy atom. The van der Waals surface area contributed by atoms with E-state index in [4.69, 9.17) is 12.2 Å². The Hall–Kier alpha value is -1.33. The second kappa shape index (κ2) is 4.89. The Morgan fingerprint density at radius 3 is 2.71 bits per heavy atom. The third kappa shape index (κ3) is 2.35. The second-order valence-electron chi connectivity index (χ2n) is 3.75. The standard InChI is InChI=1S/C12H13N3S2/c1-3-8(2)15-11(13-14-12(15)17)9-4-6-10(16)7-5-9/h3-8,16H,1H2,2H3,(H,14,17). The van der Waals surface area contributed by atoms with E-state index in [1.54, 1.807) is 0 Å². The van der Waals surface area contributed by atoms with E-state index in [1.165, 1.54) is 0 Å². The van der Waals surface area contributed by atoms with Crippen LogP contribution in [-0.2, 0) is 0 Å². The van der Waals surface area contributed by atoms with E-state index in [0.717, 1.165) is 16.3 Å². The maximum absolute atomic E-state index is 5.22. The molecule has 0 aliphatic heterocycles. The number of aromatic amines is 1. The maximum Gasteiger partial charge on any atom is 0.195 e. The third-order valence-corrected chi connectivity index (χ3v) is 3.16. The molecule has 0 aliphatic carbocycles. The molecule has 0 fully saturated rings. The van der Waals surface area contributed by atoms with E-state index in [2.05, 4.69) is 29.4 Å². The van der Waals surface area contributed by atoms with Gasteiger partial charge >= 0.3 is 0 Å². The normalized spacial score (nSPS) is 12.4. The van der Waals surface area contributed by atoms with Gasteiger partial charge in [-0.3, -0.25) is 9.67 Å². The number of allylic oxidation sites excluding steroid dienone is 1. The van der Waals surface area contributed by atoms with Crippen molar-refractivity contribution in [3.8, 4) is 11.4 Å². The summed E-state index contributed by atoms with van der Waals surface area (Å²) >= 11 is 9.49. The summed E-state index contributed by atoms with van der Waals surface area (Å²) in [5.41, 5.74) is 1.00. The van der Waals surface area contributed by atoms with Gasteiger partial charge in [-0.1, -0.05) is 18.2 Å². The molecule has 0 saturated carbocycles. The smallest absolute Gasteiger partial charge is 0.195 e. The van der Waals surface area contributed by atoms with Crippen molar-refractivity contribution in [3.05, 3.63) is 41.7 Å². The number of nitrogens with one attached hydrogen (secondary N) is 1. The Morgan fingerprint density at radius 1 is 1.47 bits per heavy atom. The van der Waals surface area contributed by atoms with Gasteiger partial charge in [0, 0.05) is 10.5 Å². The number of rotatable bonds is 3. The van der Waals surface area contributed by atoms with Crippen molar-refractivity contribution in [2.45, 2.75) is 17.9 Å². The van der Waals surface area contributed by atoms with Crippen LogP contribution in [0.4, 0.5) is 0 Å². The zero-order valence-electron chi connectivity index (χ0n) is 9.42. The van der Waals surface area contributed by atoms with E-state index in [0.29, 0.717) is 4.77 Å². The van der Waals surface area contributed by atoms with Crippen LogP contribution in [0, 0.1) is 4.77 Å². The van der Waals surface area contributed by atoms with E-state index in [1.807, 2.05) is 41.8 Å². The van der Waals surface area contributed by atoms with Gasteiger partial charge in [0.15, 0.2) is 10.6 Å². The van der Waals surface area contributed by atoms with E-state index < -0.39 is 0 Å². The molecule has 5 heteroatoms. The van der Waals surface area contributed by atoms with Gasteiger partial charge in [-0.05, 0) is 31.3 Å². The minimum Gasteiger partial charge on any atom is -0.293 e. The van der Waals surface area contributed by atoms with Crippen LogP contribution in [0.15, 0.2) is 41.8 Å². The van der Waals surface area contributed by atoms with Crippen molar-refractivity contribution in [1.29, 1.82) is 0 Å². The zero-order valence-corrected chi connectivity index (χ0v) is 11.1. The van der Waals surface area contributed by atoms with Gasteiger partial charge in [-0.15, -0.1) is 19.2 Å². The van der Waals surface area contributed by atoms with Crippen molar-refractivity contribution in [2.75, 3.05) is 0 Å². The number of H-pyrrole nitrogens is 1. The number of hydrogen-bond acceptors (Lipinski definition) is 3. The summed E-state index contributed by atoms with van der Waals surface area (Å²) < 4.78 is 2.54. The van der Waals surface area contributed by atoms with Crippen LogP contribution < -0.4 is 0 Å². The largest absolute Gasteiger partial charge is 0.293 e. The molecule has 2 rings (SSSR count). The molecular weight excluding hydrogens is 250 g/mol. The molecule has 17 heavy (non-hydrogen) atoms. The quantitative estimate of drug-likeness (QED) is 0.503. The lowest BCUT2D eigenvalue weighted by molar-refractivity contribution is 0.657. The maximum atomic E-state index is 5.22. The fourth-order valence-corrected chi connectivity index (χ4v) is 2.05. The first-order valence-electron chi connectivity index (χ1n) is 5.22. The molecule has 0 bridgehead atoms. The van der Waals surface area contributed by atoms with E-state index in [-0.39, 0.29) is 6.04 Å². The minimum absolute atomic E-state index is 0.104. The second-order valence-corrected chi connectivity index (χ2v) is 4.65. The molecule has 0 saturated heterocycles. The summed E-state index contributed by atoms with van der Waals surface area (Å²) in [5, 5.41) is 7.07. The van der Waals surface area contributed by atoms with Gasteiger partial charge in [-0.2, -0.15) is 5.10 Å². The first-order chi connectivity index (χ1) is 8.13. The van der Waals surface area contributed by atoms with E-state index >= 15 is 0 Å². The lowest BCUT2D eigenvalue weighted by atomic mass is 10.2. The van der Waals surface area contributed by atoms with Gasteiger partial charge in [0.1, 0.15) is 0 Å². The van der Waals surface area contributed by atoms with Gasteiger partial charge in [0.2, 0.25) is 0 Å². The SMILES string of the molecule is C=CC(C)n1c(-c2ccc(S)cc2)n[nH]c1=S. The molecule has 2 aromatic rings. The lowest BCUT2D eigenvalue weighted by Crippen LogP contribution is -2.04. The summed E-state index contributed by atoms with van der Waals surface area (Å²) in [6.45, 7) is 5.81. The number of hydrogen-bond donors (Lipinski definition) is 2. The van der Waals surface area contributed by atoms with Gasteiger partial charge < -0.3 is 0 Å². The topological polar surface area (TPSA) is 33.6 Å². The summed E-state index contributed by atoms with van der Waals surface area (Å²) in [6, 6.07) is 7.91. The molecule has 0 spiro atoms. The number of nitrogens with zero attached hydrogens (tertiary/aromatic N) is 2. The summed E-state index contributed by atoms with van der Waals surface area (Å²) in [7, 11) is 0. The Labute approximate surface area is 111 Å². The van der Waals surface area contributed by atoms with Crippen molar-refractivity contribution in [2.24, 2.45) is 0 Å². The van der Waals surface area contributed by atoms with Crippen LogP contribution in [0.2, 0.25) is 0 Å². The van der Waals surface area contributed by atoms with Crippen LogP contribution in [-0.4, -0.2) is 14.8 Å². The Balaban J connectivity index is 2.56. The molecule has 0 amide bonds. The Kier molecular flexibility index (Phi) is 3.49. The number of benzene rings is 1. The first-order valence-corrected chi connectivity index (χ1v) is 6.08. The zero-order chi connectivity index (χ0) is 12.4. The van der Waals surface area contributed by atoms with Gasteiger partial charge in [0.05, 0.1) is 6.04 Å². The number of aromatic nitrogens is 3. The van der Waals surface area contributed by atoms with Crippen molar-refractivity contribution < 1.29 is 0 Å². The highest BCUT2D eigenvalue weighted by Crippen LogP contribution is 2.22. The highest BCUT2D eigenvalue weighted by atomic mass is 32.1. The molecule has 88 valence electrons. The van der Waals surface area contributed by atoms with Crippen LogP contribution >= 0.6 is 24.8 Å². The molecule has 1 aromatic carbocycles. The predicted molar refractivity (Wildman–Crippen MR) is 75.0 cm³/mol. The van der Waals surface area contributed by atoms with Crippen molar-refractivity contribution in [3.63, 3.8) is 0 Å². The fraction of sp³-hybridized carbons (Fsp3) is 0.167. The highest BCUT2D eigenvalue weighted by Gasteiger charge is 2.11. The van der Waals surface area contributed by atoms with Crippen LogP contribution in [0.3, 0.4) is 0 Å². The Bertz CT molecular complexity index is 581. The monoisotopic (exact) mass is 263 g/mol. The van der Waals surface area contributed by atoms with Gasteiger partial charge in [0.25, 0.3) is 0 Å². The van der Waals surface area contributed by atoms with Crippen molar-refractivity contribution >= 4 is 24.8 Å². The fourth-order valence-electron chi connectivity index (χ4n) is 1.60. The van der Waals surface area contributed by atoms with E-state index in [9.17, 15) is 0 Å². The third-order valence-electron chi connectivity index (χ3n) is 2.58. The molecule has 3 nitrogen and oxygen atoms in total. The summed E-state index contributed by atoms with van der Waals surface area (Å²) in [4.78, 5) is 0.922. The lowest BCUT2D eigenvalue weighted by Gasteiger charge is -2.11. The molecule has 0 aliphatic rings. The highest BCUT2D eigenvalue weighted by molar-refractivity contribution is 7.80. The van der Waals surface area contributed by atoms with Crippen LogP contribution in [0.25, 0.3) is 11.4 Å². The summed E-state index contributed by atoms with van der Waals surface area (Å²) in [6.07, 6.45) is 1.84. The molecular formula is C12H13N3S2. The predicted octanol–water partition coefficient (Wildman–Crippen LogP) is 3.64. The minimum atomic E-state index is 0.104. The van der Waals surface area contributed by atoms with Crippen molar-refractivity contribution in [1.82, 2.24) is 14.8 Å². The molecule has 0 radical (unpaired) electrons. The summed E-state index contributed by atoms with van der Waals surface area (Å²) in [5.74, 6) is 0.815. The molecule has 1 unspecified atom stereocenters. The number of thiol groups is 1. The van der Waals surface area contributed by atoms with Gasteiger partial charge in [-0.25, -0.2) is 0 Å². The van der Waals surface area contributed by atoms with Crippen LogP contribution in [0.1, 0.15) is 13.0 Å². The van der Waals surface area contributed by atoms with Crippen LogP contribution in [0.5, 0.6) is 0 Å². The molecule has 1 atom stereocenters. The first kappa shape index (κ1) is 12.1.